The summed E-state index contributed by atoms with van der Waals surface area (Å²) in [6, 6.07) is 26.0. The number of aryl methyl sites for hydroxylation is 1. The number of hydrogen-bond acceptors (Lipinski definition) is 2. The van der Waals surface area contributed by atoms with Crippen molar-refractivity contribution in [3.05, 3.63) is 112 Å². The van der Waals surface area contributed by atoms with E-state index in [0.29, 0.717) is 6.61 Å². The van der Waals surface area contributed by atoms with Crippen molar-refractivity contribution >= 4 is 12.0 Å². The van der Waals surface area contributed by atoms with Crippen LogP contribution in [-0.4, -0.2) is 12.6 Å². The molecule has 0 saturated heterocycles. The van der Waals surface area contributed by atoms with Crippen molar-refractivity contribution < 1.29 is 9.53 Å². The van der Waals surface area contributed by atoms with Gasteiger partial charge in [-0.15, -0.1) is 0 Å². The van der Waals surface area contributed by atoms with E-state index in [1.165, 1.54) is 33.9 Å². The highest BCUT2D eigenvalue weighted by Gasteiger charge is 2.01. The van der Waals surface area contributed by atoms with Gasteiger partial charge in [-0.05, 0) is 65.6 Å². The Morgan fingerprint density at radius 2 is 1.10 bits per heavy atom. The molecule has 0 aliphatic heterocycles. The van der Waals surface area contributed by atoms with E-state index in [0.717, 1.165) is 24.8 Å². The Hall–Kier alpha value is -3.13. The fourth-order valence-corrected chi connectivity index (χ4v) is 3.24. The van der Waals surface area contributed by atoms with Gasteiger partial charge in [-0.2, -0.15) is 0 Å². The van der Waals surface area contributed by atoms with Crippen LogP contribution in [0.2, 0.25) is 0 Å². The first-order valence-corrected chi connectivity index (χ1v) is 10.3. The number of rotatable bonds is 8. The maximum atomic E-state index is 11.4. The van der Waals surface area contributed by atoms with Crippen LogP contribution < -0.4 is 0 Å². The highest BCUT2D eigenvalue weighted by atomic mass is 16.5. The van der Waals surface area contributed by atoms with Gasteiger partial charge in [0.15, 0.2) is 0 Å². The average Bonchev–Trinajstić information content (AvgIpc) is 2.75. The van der Waals surface area contributed by atoms with Crippen molar-refractivity contribution in [3.8, 4) is 0 Å². The topological polar surface area (TPSA) is 26.3 Å². The molecule has 0 bridgehead atoms. The molecule has 0 aliphatic rings. The van der Waals surface area contributed by atoms with Gasteiger partial charge >= 0.3 is 5.97 Å². The van der Waals surface area contributed by atoms with Crippen molar-refractivity contribution in [3.63, 3.8) is 0 Å². The second-order valence-electron chi connectivity index (χ2n) is 7.17. The molecular formula is C27H28O2. The average molecular weight is 385 g/mol. The Kier molecular flexibility index (Phi) is 7.40. The van der Waals surface area contributed by atoms with Crippen molar-refractivity contribution in [2.45, 2.75) is 33.1 Å². The van der Waals surface area contributed by atoms with Gasteiger partial charge < -0.3 is 4.74 Å². The van der Waals surface area contributed by atoms with Gasteiger partial charge in [0.1, 0.15) is 0 Å². The smallest absolute Gasteiger partial charge is 0.330 e. The third kappa shape index (κ3) is 6.46. The maximum absolute atomic E-state index is 11.4. The largest absolute Gasteiger partial charge is 0.463 e. The van der Waals surface area contributed by atoms with Crippen LogP contribution in [0.15, 0.2) is 78.9 Å². The molecule has 0 saturated carbocycles. The Labute approximate surface area is 173 Å². The summed E-state index contributed by atoms with van der Waals surface area (Å²) in [5, 5.41) is 0. The SMILES string of the molecule is CCOC(=O)/C=C/c1ccc(Cc2ccc(Cc3ccc(CC)cc3)cc2)cc1. The summed E-state index contributed by atoms with van der Waals surface area (Å²) < 4.78 is 4.90. The van der Waals surface area contributed by atoms with Gasteiger partial charge in [0.25, 0.3) is 0 Å². The molecule has 0 N–H and O–H groups in total. The van der Waals surface area contributed by atoms with Crippen LogP contribution in [0.5, 0.6) is 0 Å². The molecule has 148 valence electrons. The summed E-state index contributed by atoms with van der Waals surface area (Å²) in [5.41, 5.74) is 7.60. The number of esters is 1. The number of benzene rings is 3. The zero-order valence-electron chi connectivity index (χ0n) is 17.2. The van der Waals surface area contributed by atoms with Crippen LogP contribution in [0, 0.1) is 0 Å². The Bertz CT molecular complexity index is 933. The first-order valence-electron chi connectivity index (χ1n) is 10.3. The van der Waals surface area contributed by atoms with Gasteiger partial charge in [0.05, 0.1) is 6.61 Å². The van der Waals surface area contributed by atoms with E-state index in [1.807, 2.05) is 12.1 Å². The second-order valence-corrected chi connectivity index (χ2v) is 7.17. The second kappa shape index (κ2) is 10.4. The van der Waals surface area contributed by atoms with Gasteiger partial charge in [-0.25, -0.2) is 4.79 Å². The first kappa shape index (κ1) is 20.6. The number of ether oxygens (including phenoxy) is 1. The molecule has 2 nitrogen and oxygen atoms in total. The lowest BCUT2D eigenvalue weighted by Crippen LogP contribution is -1.98. The molecule has 0 amide bonds. The molecule has 0 aliphatic carbocycles. The summed E-state index contributed by atoms with van der Waals surface area (Å²) in [6.07, 6.45) is 6.19. The molecule has 0 radical (unpaired) electrons. The van der Waals surface area contributed by atoms with Crippen LogP contribution in [0.4, 0.5) is 0 Å². The molecule has 3 aromatic rings. The minimum atomic E-state index is -0.307. The minimum Gasteiger partial charge on any atom is -0.463 e. The summed E-state index contributed by atoms with van der Waals surface area (Å²) in [5.74, 6) is -0.307. The van der Waals surface area contributed by atoms with Gasteiger partial charge in [0.2, 0.25) is 0 Å². The van der Waals surface area contributed by atoms with Gasteiger partial charge in [-0.3, -0.25) is 0 Å². The van der Waals surface area contributed by atoms with Crippen LogP contribution in [0.3, 0.4) is 0 Å². The zero-order valence-corrected chi connectivity index (χ0v) is 17.2. The molecule has 29 heavy (non-hydrogen) atoms. The molecule has 3 aromatic carbocycles. The van der Waals surface area contributed by atoms with E-state index in [4.69, 9.17) is 4.74 Å². The maximum Gasteiger partial charge on any atom is 0.330 e. The van der Waals surface area contributed by atoms with Crippen LogP contribution in [0.1, 0.15) is 47.2 Å². The highest BCUT2D eigenvalue weighted by molar-refractivity contribution is 5.87. The van der Waals surface area contributed by atoms with Crippen LogP contribution in [0.25, 0.3) is 6.08 Å². The molecule has 2 heteroatoms. The Morgan fingerprint density at radius 1 is 0.690 bits per heavy atom. The molecule has 0 unspecified atom stereocenters. The van der Waals surface area contributed by atoms with Crippen molar-refractivity contribution in [2.24, 2.45) is 0 Å². The fourth-order valence-electron chi connectivity index (χ4n) is 3.24. The lowest BCUT2D eigenvalue weighted by molar-refractivity contribution is -0.137. The predicted molar refractivity (Wildman–Crippen MR) is 120 cm³/mol. The van der Waals surface area contributed by atoms with Crippen molar-refractivity contribution in [1.82, 2.24) is 0 Å². The summed E-state index contributed by atoms with van der Waals surface area (Å²) in [6.45, 7) is 4.38. The summed E-state index contributed by atoms with van der Waals surface area (Å²) in [7, 11) is 0. The Morgan fingerprint density at radius 3 is 1.52 bits per heavy atom. The van der Waals surface area contributed by atoms with E-state index >= 15 is 0 Å². The van der Waals surface area contributed by atoms with E-state index < -0.39 is 0 Å². The van der Waals surface area contributed by atoms with Crippen molar-refractivity contribution in [1.29, 1.82) is 0 Å². The van der Waals surface area contributed by atoms with Gasteiger partial charge in [-0.1, -0.05) is 79.7 Å². The minimum absolute atomic E-state index is 0.307. The van der Waals surface area contributed by atoms with E-state index in [2.05, 4.69) is 67.6 Å². The quantitative estimate of drug-likeness (QED) is 0.351. The molecule has 0 fully saturated rings. The zero-order chi connectivity index (χ0) is 20.5. The first-order chi connectivity index (χ1) is 14.2. The molecular weight excluding hydrogens is 356 g/mol. The number of hydrogen-bond donors (Lipinski definition) is 0. The van der Waals surface area contributed by atoms with E-state index in [9.17, 15) is 4.79 Å². The van der Waals surface area contributed by atoms with Crippen molar-refractivity contribution in [2.75, 3.05) is 6.61 Å². The Balaban J connectivity index is 1.57. The van der Waals surface area contributed by atoms with Crippen LogP contribution >= 0.6 is 0 Å². The normalized spacial score (nSPS) is 11.0. The summed E-state index contributed by atoms with van der Waals surface area (Å²) in [4.78, 5) is 11.4. The molecule has 0 spiro atoms. The lowest BCUT2D eigenvalue weighted by Gasteiger charge is -2.06. The number of carbonyl (C=O) groups is 1. The molecule has 0 atom stereocenters. The van der Waals surface area contributed by atoms with E-state index in [-0.39, 0.29) is 5.97 Å². The lowest BCUT2D eigenvalue weighted by atomic mass is 9.99. The van der Waals surface area contributed by atoms with Crippen LogP contribution in [-0.2, 0) is 28.8 Å². The number of carbonyl (C=O) groups excluding carboxylic acids is 1. The van der Waals surface area contributed by atoms with E-state index in [1.54, 1.807) is 13.0 Å². The fraction of sp³-hybridized carbons (Fsp3) is 0.222. The molecule has 3 rings (SSSR count). The standard InChI is InChI=1S/C27H28O2/c1-3-21-5-9-23(10-6-21)19-25-13-15-26(16-14-25)20-24-11-7-22(8-12-24)17-18-27(28)29-4-2/h5-18H,3-4,19-20H2,1-2H3/b18-17+. The third-order valence-electron chi connectivity index (χ3n) is 4.95. The predicted octanol–water partition coefficient (Wildman–Crippen LogP) is 6.01. The molecule has 0 heterocycles. The monoisotopic (exact) mass is 384 g/mol. The summed E-state index contributed by atoms with van der Waals surface area (Å²) >= 11 is 0. The molecule has 0 aromatic heterocycles. The van der Waals surface area contributed by atoms with Gasteiger partial charge in [0, 0.05) is 6.08 Å². The third-order valence-corrected chi connectivity index (χ3v) is 4.95. The highest BCUT2D eigenvalue weighted by Crippen LogP contribution is 2.16.